The highest BCUT2D eigenvalue weighted by Gasteiger charge is 2.36. The first-order valence-electron chi connectivity index (χ1n) is 11.1. The number of carbonyl (C=O) groups excluding carboxylic acids is 3. The van der Waals surface area contributed by atoms with Gasteiger partial charge in [-0.25, -0.2) is 14.6 Å². The van der Waals surface area contributed by atoms with E-state index in [9.17, 15) is 14.4 Å². The summed E-state index contributed by atoms with van der Waals surface area (Å²) in [6.07, 6.45) is 1.84. The zero-order valence-corrected chi connectivity index (χ0v) is 19.3. The molecule has 1 atom stereocenters. The van der Waals surface area contributed by atoms with Crippen molar-refractivity contribution >= 4 is 18.0 Å². The van der Waals surface area contributed by atoms with Gasteiger partial charge in [0.25, 0.3) is 0 Å². The molecule has 1 aliphatic rings. The van der Waals surface area contributed by atoms with Crippen molar-refractivity contribution in [3.05, 3.63) is 77.3 Å². The Bertz CT molecular complexity index is 1240. The Morgan fingerprint density at radius 2 is 1.89 bits per heavy atom. The molecular weight excluding hydrogens is 454 g/mol. The quantitative estimate of drug-likeness (QED) is 0.445. The summed E-state index contributed by atoms with van der Waals surface area (Å²) in [5.41, 5.74) is 1.12. The fourth-order valence-corrected chi connectivity index (χ4v) is 3.60. The maximum Gasteiger partial charge on any atom is 0.338 e. The SMILES string of the molecule is CCOC(=O)C1=C(COC(=O)CCc2ncc(-c3ccccc3)o2)NC(=O)N[C@@H]1c1ccc(C)o1. The number of benzene rings is 1. The summed E-state index contributed by atoms with van der Waals surface area (Å²) in [6.45, 7) is 3.23. The minimum atomic E-state index is -0.881. The topological polar surface area (TPSA) is 133 Å². The van der Waals surface area contributed by atoms with Crippen molar-refractivity contribution in [1.82, 2.24) is 15.6 Å². The number of ether oxygens (including phenoxy) is 2. The van der Waals surface area contributed by atoms with Gasteiger partial charge in [-0.3, -0.25) is 4.79 Å². The van der Waals surface area contributed by atoms with Crippen LogP contribution in [0.25, 0.3) is 11.3 Å². The first-order valence-corrected chi connectivity index (χ1v) is 11.1. The third kappa shape index (κ3) is 5.78. The summed E-state index contributed by atoms with van der Waals surface area (Å²) in [5.74, 6) is 0.787. The lowest BCUT2D eigenvalue weighted by molar-refractivity contribution is -0.143. The molecule has 1 aliphatic heterocycles. The third-order valence-corrected chi connectivity index (χ3v) is 5.23. The molecule has 10 heteroatoms. The number of nitrogens with one attached hydrogen (secondary N) is 2. The molecule has 0 bridgehead atoms. The molecule has 3 aromatic rings. The Kier molecular flexibility index (Phi) is 7.30. The third-order valence-electron chi connectivity index (χ3n) is 5.23. The van der Waals surface area contributed by atoms with E-state index in [0.717, 1.165) is 5.56 Å². The second-order valence-electron chi connectivity index (χ2n) is 7.74. The highest BCUT2D eigenvalue weighted by atomic mass is 16.5. The number of urea groups is 1. The molecular formula is C25H25N3O7. The summed E-state index contributed by atoms with van der Waals surface area (Å²) in [5, 5.41) is 5.19. The first-order chi connectivity index (χ1) is 16.9. The number of carbonyl (C=O) groups is 3. The minimum absolute atomic E-state index is 0.00374. The van der Waals surface area contributed by atoms with Crippen LogP contribution in [0.1, 0.15) is 36.8 Å². The van der Waals surface area contributed by atoms with Crippen molar-refractivity contribution in [3.63, 3.8) is 0 Å². The number of hydrogen-bond donors (Lipinski definition) is 2. The summed E-state index contributed by atoms with van der Waals surface area (Å²) >= 11 is 0. The van der Waals surface area contributed by atoms with Crippen molar-refractivity contribution in [2.24, 2.45) is 0 Å². The predicted octanol–water partition coefficient (Wildman–Crippen LogP) is 3.59. The van der Waals surface area contributed by atoms with E-state index in [1.54, 1.807) is 32.2 Å². The van der Waals surface area contributed by atoms with Gasteiger partial charge in [0.1, 0.15) is 24.2 Å². The number of esters is 2. The Balaban J connectivity index is 1.43. The van der Waals surface area contributed by atoms with Crippen molar-refractivity contribution < 1.29 is 32.7 Å². The van der Waals surface area contributed by atoms with E-state index < -0.39 is 24.0 Å². The van der Waals surface area contributed by atoms with Gasteiger partial charge in [-0.2, -0.15) is 0 Å². The van der Waals surface area contributed by atoms with Crippen molar-refractivity contribution in [1.29, 1.82) is 0 Å². The number of aromatic nitrogens is 1. The standard InChI is InChI=1S/C25H25N3O7/c1-3-32-24(30)22-17(27-25(31)28-23(22)18-10-9-15(2)34-18)14-33-21(29)12-11-20-26-13-19(35-20)16-7-5-4-6-8-16/h4-10,13,23H,3,11-12,14H2,1-2H3,(H2,27,28,31)/t23-/m1/s1. The van der Waals surface area contributed by atoms with Gasteiger partial charge >= 0.3 is 18.0 Å². The van der Waals surface area contributed by atoms with E-state index in [1.807, 2.05) is 30.3 Å². The van der Waals surface area contributed by atoms with E-state index in [-0.39, 0.29) is 37.3 Å². The molecule has 0 saturated carbocycles. The van der Waals surface area contributed by atoms with E-state index in [0.29, 0.717) is 23.2 Å². The molecule has 0 aliphatic carbocycles. The summed E-state index contributed by atoms with van der Waals surface area (Å²) in [6, 6.07) is 11.4. The number of hydrogen-bond acceptors (Lipinski definition) is 8. The smallest absolute Gasteiger partial charge is 0.338 e. The highest BCUT2D eigenvalue weighted by molar-refractivity contribution is 5.95. The van der Waals surface area contributed by atoms with Crippen LogP contribution in [0.2, 0.25) is 0 Å². The van der Waals surface area contributed by atoms with E-state index in [1.165, 1.54) is 0 Å². The molecule has 0 fully saturated rings. The summed E-state index contributed by atoms with van der Waals surface area (Å²) < 4.78 is 21.8. The molecule has 35 heavy (non-hydrogen) atoms. The fourth-order valence-electron chi connectivity index (χ4n) is 3.60. The first kappa shape index (κ1) is 23.8. The maximum absolute atomic E-state index is 12.7. The van der Waals surface area contributed by atoms with Gasteiger partial charge < -0.3 is 28.9 Å². The number of oxazole rings is 1. The largest absolute Gasteiger partial charge is 0.464 e. The van der Waals surface area contributed by atoms with E-state index in [4.69, 9.17) is 18.3 Å². The van der Waals surface area contributed by atoms with Gasteiger partial charge in [-0.05, 0) is 26.0 Å². The van der Waals surface area contributed by atoms with Crippen LogP contribution in [0.3, 0.4) is 0 Å². The summed E-state index contributed by atoms with van der Waals surface area (Å²) in [7, 11) is 0. The van der Waals surface area contributed by atoms with Crippen LogP contribution in [-0.2, 0) is 25.5 Å². The molecule has 0 saturated heterocycles. The fraction of sp³-hybridized carbons (Fsp3) is 0.280. The van der Waals surface area contributed by atoms with Crippen LogP contribution in [0.15, 0.2) is 68.8 Å². The van der Waals surface area contributed by atoms with Gasteiger partial charge in [0, 0.05) is 12.0 Å². The van der Waals surface area contributed by atoms with E-state index in [2.05, 4.69) is 15.6 Å². The van der Waals surface area contributed by atoms with Crippen LogP contribution >= 0.6 is 0 Å². The molecule has 0 spiro atoms. The van der Waals surface area contributed by atoms with Gasteiger partial charge in [-0.15, -0.1) is 0 Å². The molecule has 2 N–H and O–H groups in total. The van der Waals surface area contributed by atoms with Crippen LogP contribution in [0.5, 0.6) is 0 Å². The number of aryl methyl sites for hydroxylation is 2. The number of amides is 2. The zero-order valence-electron chi connectivity index (χ0n) is 19.3. The van der Waals surface area contributed by atoms with Crippen molar-refractivity contribution in [2.45, 2.75) is 32.7 Å². The molecule has 0 unspecified atom stereocenters. The number of furan rings is 1. The summed E-state index contributed by atoms with van der Waals surface area (Å²) in [4.78, 5) is 41.6. The molecule has 182 valence electrons. The Hall–Kier alpha value is -4.34. The predicted molar refractivity (Wildman–Crippen MR) is 123 cm³/mol. The normalized spacial score (nSPS) is 15.4. The maximum atomic E-state index is 12.7. The van der Waals surface area contributed by atoms with Gasteiger partial charge in [-0.1, -0.05) is 30.3 Å². The van der Waals surface area contributed by atoms with Gasteiger partial charge in [0.15, 0.2) is 11.7 Å². The van der Waals surface area contributed by atoms with Crippen LogP contribution in [0.4, 0.5) is 4.79 Å². The molecule has 2 amide bonds. The lowest BCUT2D eigenvalue weighted by atomic mass is 10.0. The lowest BCUT2D eigenvalue weighted by Crippen LogP contribution is -2.47. The zero-order chi connectivity index (χ0) is 24.8. The van der Waals surface area contributed by atoms with Crippen LogP contribution < -0.4 is 10.6 Å². The average Bonchev–Trinajstić information content (AvgIpc) is 3.51. The second kappa shape index (κ2) is 10.7. The highest BCUT2D eigenvalue weighted by Crippen LogP contribution is 2.29. The molecule has 10 nitrogen and oxygen atoms in total. The Labute approximate surface area is 201 Å². The van der Waals surface area contributed by atoms with Crippen LogP contribution in [0, 0.1) is 6.92 Å². The Morgan fingerprint density at radius 1 is 1.09 bits per heavy atom. The van der Waals surface area contributed by atoms with Crippen molar-refractivity contribution in [3.8, 4) is 11.3 Å². The monoisotopic (exact) mass is 479 g/mol. The lowest BCUT2D eigenvalue weighted by Gasteiger charge is -2.27. The van der Waals surface area contributed by atoms with Gasteiger partial charge in [0.05, 0.1) is 30.5 Å². The second-order valence-corrected chi connectivity index (χ2v) is 7.74. The Morgan fingerprint density at radius 3 is 2.60 bits per heavy atom. The minimum Gasteiger partial charge on any atom is -0.464 e. The van der Waals surface area contributed by atoms with Crippen LogP contribution in [-0.4, -0.2) is 36.2 Å². The molecule has 3 heterocycles. The molecule has 4 rings (SSSR count). The van der Waals surface area contributed by atoms with Gasteiger partial charge in [0.2, 0.25) is 0 Å². The van der Waals surface area contributed by atoms with E-state index >= 15 is 0 Å². The number of nitrogens with zero attached hydrogens (tertiary/aromatic N) is 1. The molecule has 1 aromatic carbocycles. The average molecular weight is 479 g/mol. The van der Waals surface area contributed by atoms with Crippen molar-refractivity contribution in [2.75, 3.05) is 13.2 Å². The number of rotatable bonds is 9. The molecule has 2 aromatic heterocycles. The molecule has 0 radical (unpaired) electrons.